The molecule has 4 nitrogen and oxygen atoms in total. The number of aromatic amines is 1. The van der Waals surface area contributed by atoms with Crippen molar-refractivity contribution in [3.8, 4) is 0 Å². The van der Waals surface area contributed by atoms with Gasteiger partial charge in [-0.05, 0) is 23.1 Å². The van der Waals surface area contributed by atoms with Gasteiger partial charge in [-0.3, -0.25) is 5.10 Å². The van der Waals surface area contributed by atoms with Crippen molar-refractivity contribution in [1.82, 2.24) is 20.5 Å². The van der Waals surface area contributed by atoms with Crippen LogP contribution in [0.2, 0.25) is 0 Å². The molecule has 19 heavy (non-hydrogen) atoms. The zero-order valence-corrected chi connectivity index (χ0v) is 12.1. The van der Waals surface area contributed by atoms with Crippen molar-refractivity contribution in [2.75, 3.05) is 6.54 Å². The molecule has 1 aromatic heterocycles. The van der Waals surface area contributed by atoms with E-state index in [-0.39, 0.29) is 11.5 Å². The molecule has 0 saturated heterocycles. The lowest BCUT2D eigenvalue weighted by atomic mass is 9.86. The molecule has 0 saturated carbocycles. The molecular formula is C15H22N4. The van der Waals surface area contributed by atoms with Crippen molar-refractivity contribution in [2.45, 2.75) is 39.2 Å². The Bertz CT molecular complexity index is 494. The van der Waals surface area contributed by atoms with Gasteiger partial charge in [0.1, 0.15) is 12.2 Å². The van der Waals surface area contributed by atoms with E-state index in [1.807, 2.05) is 0 Å². The molecule has 2 N–H and O–H groups in total. The Labute approximate surface area is 114 Å². The van der Waals surface area contributed by atoms with E-state index in [0.717, 1.165) is 12.4 Å². The molecule has 0 aliphatic carbocycles. The number of hydrogen-bond donors (Lipinski definition) is 2. The van der Waals surface area contributed by atoms with E-state index >= 15 is 0 Å². The predicted molar refractivity (Wildman–Crippen MR) is 77.0 cm³/mol. The second kappa shape index (κ2) is 5.53. The van der Waals surface area contributed by atoms with Gasteiger partial charge < -0.3 is 5.32 Å². The second-order valence-corrected chi connectivity index (χ2v) is 5.73. The summed E-state index contributed by atoms with van der Waals surface area (Å²) in [6.07, 6.45) is 1.54. The fourth-order valence-corrected chi connectivity index (χ4v) is 2.11. The van der Waals surface area contributed by atoms with Crippen molar-refractivity contribution < 1.29 is 0 Å². The number of H-pyrrole nitrogens is 1. The summed E-state index contributed by atoms with van der Waals surface area (Å²) < 4.78 is 0. The maximum atomic E-state index is 4.25. The first-order chi connectivity index (χ1) is 9.02. The third-order valence-electron chi connectivity index (χ3n) is 3.23. The van der Waals surface area contributed by atoms with Crippen LogP contribution in [0.5, 0.6) is 0 Å². The minimum Gasteiger partial charge on any atom is -0.304 e. The van der Waals surface area contributed by atoms with Gasteiger partial charge in [-0.1, -0.05) is 52.0 Å². The highest BCUT2D eigenvalue weighted by atomic mass is 15.2. The van der Waals surface area contributed by atoms with E-state index in [2.05, 4.69) is 72.5 Å². The summed E-state index contributed by atoms with van der Waals surface area (Å²) in [6.45, 7) is 9.64. The Hall–Kier alpha value is -1.68. The standard InChI is InChI=1S/C15H22N4/c1-5-16-13(14-17-10-18-19-14)11-6-8-12(9-7-11)15(2,3)4/h6-10,13,16H,5H2,1-4H3,(H,17,18,19). The lowest BCUT2D eigenvalue weighted by Gasteiger charge is -2.21. The maximum absolute atomic E-state index is 4.25. The molecule has 0 aliphatic heterocycles. The third-order valence-corrected chi connectivity index (χ3v) is 3.23. The summed E-state index contributed by atoms with van der Waals surface area (Å²) >= 11 is 0. The Morgan fingerprint density at radius 3 is 2.37 bits per heavy atom. The van der Waals surface area contributed by atoms with Gasteiger partial charge in [-0.2, -0.15) is 5.10 Å². The summed E-state index contributed by atoms with van der Waals surface area (Å²) in [5.74, 6) is 0.852. The molecule has 0 radical (unpaired) electrons. The highest BCUT2D eigenvalue weighted by Crippen LogP contribution is 2.25. The van der Waals surface area contributed by atoms with E-state index in [9.17, 15) is 0 Å². The van der Waals surface area contributed by atoms with Crippen LogP contribution in [-0.2, 0) is 5.41 Å². The lowest BCUT2D eigenvalue weighted by Crippen LogP contribution is -2.23. The molecule has 1 atom stereocenters. The first kappa shape index (κ1) is 13.7. The van der Waals surface area contributed by atoms with Gasteiger partial charge in [-0.25, -0.2) is 4.98 Å². The van der Waals surface area contributed by atoms with Crippen molar-refractivity contribution in [3.63, 3.8) is 0 Å². The van der Waals surface area contributed by atoms with Gasteiger partial charge >= 0.3 is 0 Å². The molecule has 0 amide bonds. The minimum atomic E-state index is 0.0709. The largest absolute Gasteiger partial charge is 0.304 e. The average molecular weight is 258 g/mol. The van der Waals surface area contributed by atoms with Crippen molar-refractivity contribution in [2.24, 2.45) is 0 Å². The zero-order valence-electron chi connectivity index (χ0n) is 12.1. The van der Waals surface area contributed by atoms with Crippen LogP contribution < -0.4 is 5.32 Å². The van der Waals surface area contributed by atoms with Gasteiger partial charge in [0.2, 0.25) is 0 Å². The summed E-state index contributed by atoms with van der Waals surface area (Å²) in [5.41, 5.74) is 2.72. The molecular weight excluding hydrogens is 236 g/mol. The van der Waals surface area contributed by atoms with Gasteiger partial charge in [0.25, 0.3) is 0 Å². The molecule has 0 spiro atoms. The normalized spacial score (nSPS) is 13.5. The monoisotopic (exact) mass is 258 g/mol. The van der Waals surface area contributed by atoms with E-state index in [4.69, 9.17) is 0 Å². The van der Waals surface area contributed by atoms with E-state index in [0.29, 0.717) is 0 Å². The molecule has 0 aliphatic rings. The number of nitrogens with one attached hydrogen (secondary N) is 2. The lowest BCUT2D eigenvalue weighted by molar-refractivity contribution is 0.583. The van der Waals surface area contributed by atoms with Crippen molar-refractivity contribution in [1.29, 1.82) is 0 Å². The summed E-state index contributed by atoms with van der Waals surface area (Å²) in [4.78, 5) is 4.25. The molecule has 102 valence electrons. The molecule has 1 aromatic carbocycles. The average Bonchev–Trinajstić information content (AvgIpc) is 2.89. The van der Waals surface area contributed by atoms with E-state index < -0.39 is 0 Å². The zero-order chi connectivity index (χ0) is 13.9. The van der Waals surface area contributed by atoms with Crippen LogP contribution in [0.4, 0.5) is 0 Å². The Kier molecular flexibility index (Phi) is 4.00. The maximum Gasteiger partial charge on any atom is 0.145 e. The van der Waals surface area contributed by atoms with Crippen LogP contribution in [0.25, 0.3) is 0 Å². The van der Waals surface area contributed by atoms with Crippen molar-refractivity contribution in [3.05, 3.63) is 47.5 Å². The van der Waals surface area contributed by atoms with Gasteiger partial charge in [0.15, 0.2) is 0 Å². The van der Waals surface area contributed by atoms with Crippen LogP contribution in [0, 0.1) is 0 Å². The molecule has 0 fully saturated rings. The summed E-state index contributed by atoms with van der Waals surface area (Å²) in [5, 5.41) is 10.3. The predicted octanol–water partition coefficient (Wildman–Crippen LogP) is 2.80. The first-order valence-electron chi connectivity index (χ1n) is 6.71. The molecule has 2 rings (SSSR count). The van der Waals surface area contributed by atoms with Crippen LogP contribution in [-0.4, -0.2) is 21.7 Å². The molecule has 2 aromatic rings. The highest BCUT2D eigenvalue weighted by molar-refractivity contribution is 5.31. The minimum absolute atomic E-state index is 0.0709. The SMILES string of the molecule is CCNC(c1ccc(C(C)(C)C)cc1)c1ncn[nH]1. The smallest absolute Gasteiger partial charge is 0.145 e. The Morgan fingerprint density at radius 2 is 1.89 bits per heavy atom. The Morgan fingerprint density at radius 1 is 1.21 bits per heavy atom. The molecule has 1 heterocycles. The van der Waals surface area contributed by atoms with Gasteiger partial charge in [0.05, 0.1) is 6.04 Å². The highest BCUT2D eigenvalue weighted by Gasteiger charge is 2.18. The molecule has 1 unspecified atom stereocenters. The van der Waals surface area contributed by atoms with Crippen LogP contribution in [0.3, 0.4) is 0 Å². The number of rotatable bonds is 4. The molecule has 0 bridgehead atoms. The fourth-order valence-electron chi connectivity index (χ4n) is 2.11. The first-order valence-corrected chi connectivity index (χ1v) is 6.71. The number of benzene rings is 1. The van der Waals surface area contributed by atoms with Crippen LogP contribution in [0.1, 0.15) is 50.7 Å². The molecule has 4 heteroatoms. The summed E-state index contributed by atoms with van der Waals surface area (Å²) in [6, 6.07) is 8.78. The Balaban J connectivity index is 2.28. The second-order valence-electron chi connectivity index (χ2n) is 5.73. The van der Waals surface area contributed by atoms with Crippen molar-refractivity contribution >= 4 is 0 Å². The van der Waals surface area contributed by atoms with Crippen LogP contribution in [0.15, 0.2) is 30.6 Å². The number of hydrogen-bond acceptors (Lipinski definition) is 3. The third kappa shape index (κ3) is 3.20. The fraction of sp³-hybridized carbons (Fsp3) is 0.467. The van der Waals surface area contributed by atoms with E-state index in [1.54, 1.807) is 6.33 Å². The van der Waals surface area contributed by atoms with Gasteiger partial charge in [-0.15, -0.1) is 0 Å². The topological polar surface area (TPSA) is 53.6 Å². The van der Waals surface area contributed by atoms with Crippen LogP contribution >= 0.6 is 0 Å². The summed E-state index contributed by atoms with van der Waals surface area (Å²) in [7, 11) is 0. The van der Waals surface area contributed by atoms with E-state index in [1.165, 1.54) is 11.1 Å². The number of aromatic nitrogens is 3. The van der Waals surface area contributed by atoms with Gasteiger partial charge in [0, 0.05) is 0 Å². The quantitative estimate of drug-likeness (QED) is 0.886. The number of nitrogens with zero attached hydrogens (tertiary/aromatic N) is 2.